The number of amides is 2. The van der Waals surface area contributed by atoms with Gasteiger partial charge < -0.3 is 19.4 Å². The quantitative estimate of drug-likeness (QED) is 0.670. The van der Waals surface area contributed by atoms with Crippen LogP contribution >= 0.6 is 0 Å². The number of furan rings is 1. The highest BCUT2D eigenvalue weighted by Gasteiger charge is 2.20. The second-order valence-electron chi connectivity index (χ2n) is 5.57. The first kappa shape index (κ1) is 19.2. The smallest absolute Gasteiger partial charge is 0.257 e. The van der Waals surface area contributed by atoms with Gasteiger partial charge in [-0.2, -0.15) is 0 Å². The maximum Gasteiger partial charge on any atom is 0.257 e. The number of nitrogens with one attached hydrogen (secondary N) is 1. The molecule has 0 atom stereocenters. The highest BCUT2D eigenvalue weighted by molar-refractivity contribution is 5.95. The summed E-state index contributed by atoms with van der Waals surface area (Å²) < 4.78 is 10.5. The molecule has 6 heteroatoms. The van der Waals surface area contributed by atoms with E-state index in [0.717, 1.165) is 12.8 Å². The van der Waals surface area contributed by atoms with E-state index in [1.807, 2.05) is 13.8 Å². The lowest BCUT2D eigenvalue weighted by Gasteiger charge is -2.22. The molecule has 1 rings (SSSR count). The summed E-state index contributed by atoms with van der Waals surface area (Å²) in [6.07, 6.45) is 1.93. The van der Waals surface area contributed by atoms with Crippen molar-refractivity contribution in [2.75, 3.05) is 33.4 Å². The SMILES string of the molecule is CCCNC(=O)CCN(CCCOC)C(=O)c1cc(C)oc1C. The van der Waals surface area contributed by atoms with Gasteiger partial charge in [-0.05, 0) is 32.8 Å². The van der Waals surface area contributed by atoms with Crippen LogP contribution in [0.25, 0.3) is 0 Å². The van der Waals surface area contributed by atoms with Gasteiger partial charge >= 0.3 is 0 Å². The van der Waals surface area contributed by atoms with Crippen LogP contribution in [-0.2, 0) is 9.53 Å². The fourth-order valence-corrected chi connectivity index (χ4v) is 2.32. The van der Waals surface area contributed by atoms with E-state index in [1.165, 1.54) is 0 Å². The number of rotatable bonds is 10. The lowest BCUT2D eigenvalue weighted by Crippen LogP contribution is -2.36. The molecule has 0 aliphatic heterocycles. The van der Waals surface area contributed by atoms with Gasteiger partial charge in [0.25, 0.3) is 5.91 Å². The maximum atomic E-state index is 12.7. The van der Waals surface area contributed by atoms with Crippen LogP contribution < -0.4 is 5.32 Å². The summed E-state index contributed by atoms with van der Waals surface area (Å²) in [7, 11) is 1.63. The van der Waals surface area contributed by atoms with Crippen LogP contribution in [-0.4, -0.2) is 50.1 Å². The Labute approximate surface area is 138 Å². The number of aryl methyl sites for hydroxylation is 2. The van der Waals surface area contributed by atoms with Crippen LogP contribution in [0, 0.1) is 13.8 Å². The second kappa shape index (κ2) is 10.0. The van der Waals surface area contributed by atoms with Gasteiger partial charge in [-0.25, -0.2) is 0 Å². The van der Waals surface area contributed by atoms with Crippen molar-refractivity contribution in [3.05, 3.63) is 23.2 Å². The van der Waals surface area contributed by atoms with Crippen LogP contribution in [0.1, 0.15) is 48.1 Å². The van der Waals surface area contributed by atoms with E-state index < -0.39 is 0 Å². The van der Waals surface area contributed by atoms with Crippen molar-refractivity contribution in [2.24, 2.45) is 0 Å². The Balaban J connectivity index is 2.69. The molecule has 0 unspecified atom stereocenters. The molecule has 0 aromatic carbocycles. The predicted octanol–water partition coefficient (Wildman–Crippen LogP) is 2.29. The lowest BCUT2D eigenvalue weighted by molar-refractivity contribution is -0.121. The highest BCUT2D eigenvalue weighted by atomic mass is 16.5. The molecule has 0 saturated carbocycles. The van der Waals surface area contributed by atoms with Crippen LogP contribution in [0.3, 0.4) is 0 Å². The third-order valence-electron chi connectivity index (χ3n) is 3.52. The summed E-state index contributed by atoms with van der Waals surface area (Å²) in [4.78, 5) is 26.2. The fraction of sp³-hybridized carbons (Fsp3) is 0.647. The van der Waals surface area contributed by atoms with E-state index in [0.29, 0.717) is 49.7 Å². The zero-order valence-electron chi connectivity index (χ0n) is 14.6. The van der Waals surface area contributed by atoms with E-state index >= 15 is 0 Å². The van der Waals surface area contributed by atoms with Gasteiger partial charge in [0, 0.05) is 39.8 Å². The van der Waals surface area contributed by atoms with Gasteiger partial charge in [-0.3, -0.25) is 9.59 Å². The molecular formula is C17H28N2O4. The molecule has 0 fully saturated rings. The third-order valence-corrected chi connectivity index (χ3v) is 3.52. The number of methoxy groups -OCH3 is 1. The van der Waals surface area contributed by atoms with Crippen molar-refractivity contribution in [1.82, 2.24) is 10.2 Å². The van der Waals surface area contributed by atoms with Crippen molar-refractivity contribution in [2.45, 2.75) is 40.0 Å². The van der Waals surface area contributed by atoms with Gasteiger partial charge in [0.05, 0.1) is 5.56 Å². The molecule has 0 bridgehead atoms. The van der Waals surface area contributed by atoms with E-state index in [2.05, 4.69) is 5.32 Å². The first-order valence-electron chi connectivity index (χ1n) is 8.11. The van der Waals surface area contributed by atoms with Crippen LogP contribution in [0.5, 0.6) is 0 Å². The first-order chi connectivity index (χ1) is 11.0. The van der Waals surface area contributed by atoms with Crippen LogP contribution in [0.4, 0.5) is 0 Å². The highest BCUT2D eigenvalue weighted by Crippen LogP contribution is 2.16. The standard InChI is InChI=1S/C17H28N2O4/c1-5-8-18-16(20)7-10-19(9-6-11-22-4)17(21)15-12-13(2)23-14(15)3/h12H,5-11H2,1-4H3,(H,18,20). The summed E-state index contributed by atoms with van der Waals surface area (Å²) >= 11 is 0. The molecule has 0 spiro atoms. The number of hydrogen-bond acceptors (Lipinski definition) is 4. The Kier molecular flexibility index (Phi) is 8.40. The van der Waals surface area contributed by atoms with Crippen molar-refractivity contribution in [3.63, 3.8) is 0 Å². The van der Waals surface area contributed by atoms with E-state index in [1.54, 1.807) is 25.0 Å². The lowest BCUT2D eigenvalue weighted by atomic mass is 10.2. The molecule has 1 N–H and O–H groups in total. The van der Waals surface area contributed by atoms with E-state index in [9.17, 15) is 9.59 Å². The zero-order valence-corrected chi connectivity index (χ0v) is 14.6. The summed E-state index contributed by atoms with van der Waals surface area (Å²) in [5.74, 6) is 1.19. The Bertz CT molecular complexity index is 511. The largest absolute Gasteiger partial charge is 0.466 e. The molecule has 23 heavy (non-hydrogen) atoms. The molecule has 130 valence electrons. The number of carbonyl (C=O) groups is 2. The minimum absolute atomic E-state index is 0.0310. The topological polar surface area (TPSA) is 71.8 Å². The molecule has 0 saturated heterocycles. The summed E-state index contributed by atoms with van der Waals surface area (Å²) in [5, 5.41) is 2.83. The average molecular weight is 324 g/mol. The molecule has 1 aromatic rings. The summed E-state index contributed by atoms with van der Waals surface area (Å²) in [6, 6.07) is 1.75. The number of carbonyl (C=O) groups excluding carboxylic acids is 2. The molecule has 0 aliphatic carbocycles. The van der Waals surface area contributed by atoms with E-state index in [4.69, 9.17) is 9.15 Å². The van der Waals surface area contributed by atoms with Gasteiger partial charge in [0.2, 0.25) is 5.91 Å². The summed E-state index contributed by atoms with van der Waals surface area (Å²) in [5.41, 5.74) is 0.564. The second-order valence-corrected chi connectivity index (χ2v) is 5.57. The zero-order chi connectivity index (χ0) is 17.2. The minimum Gasteiger partial charge on any atom is -0.466 e. The Morgan fingerprint density at radius 2 is 2.04 bits per heavy atom. The van der Waals surface area contributed by atoms with Crippen molar-refractivity contribution < 1.29 is 18.7 Å². The molecule has 6 nitrogen and oxygen atoms in total. The summed E-state index contributed by atoms with van der Waals surface area (Å²) in [6.45, 7) is 7.79. The first-order valence-corrected chi connectivity index (χ1v) is 8.11. The van der Waals surface area contributed by atoms with Crippen molar-refractivity contribution in [1.29, 1.82) is 0 Å². The predicted molar refractivity (Wildman–Crippen MR) is 88.5 cm³/mol. The van der Waals surface area contributed by atoms with Crippen molar-refractivity contribution in [3.8, 4) is 0 Å². The fourth-order valence-electron chi connectivity index (χ4n) is 2.32. The van der Waals surface area contributed by atoms with Crippen LogP contribution in [0.2, 0.25) is 0 Å². The number of hydrogen-bond donors (Lipinski definition) is 1. The van der Waals surface area contributed by atoms with Gasteiger partial charge in [-0.1, -0.05) is 6.92 Å². The third kappa shape index (κ3) is 6.44. The average Bonchev–Trinajstić information content (AvgIpc) is 2.86. The normalized spacial score (nSPS) is 10.6. The Morgan fingerprint density at radius 1 is 1.30 bits per heavy atom. The van der Waals surface area contributed by atoms with Gasteiger partial charge in [0.1, 0.15) is 11.5 Å². The molecule has 1 aromatic heterocycles. The number of ether oxygens (including phenoxy) is 1. The number of nitrogens with zero attached hydrogens (tertiary/aromatic N) is 1. The molecule has 0 aliphatic rings. The Morgan fingerprint density at radius 3 is 2.61 bits per heavy atom. The van der Waals surface area contributed by atoms with Gasteiger partial charge in [0.15, 0.2) is 0 Å². The molecule has 2 amide bonds. The van der Waals surface area contributed by atoms with Crippen LogP contribution in [0.15, 0.2) is 10.5 Å². The van der Waals surface area contributed by atoms with E-state index in [-0.39, 0.29) is 11.8 Å². The maximum absolute atomic E-state index is 12.7. The molecular weight excluding hydrogens is 296 g/mol. The van der Waals surface area contributed by atoms with Crippen molar-refractivity contribution >= 4 is 11.8 Å². The molecule has 0 radical (unpaired) electrons. The van der Waals surface area contributed by atoms with Gasteiger partial charge in [-0.15, -0.1) is 0 Å². The minimum atomic E-state index is -0.0984. The molecule has 1 heterocycles. The Hall–Kier alpha value is -1.82. The monoisotopic (exact) mass is 324 g/mol.